The van der Waals surface area contributed by atoms with E-state index in [1.54, 1.807) is 13.0 Å². The second-order valence-corrected chi connectivity index (χ2v) is 6.19. The average molecular weight is 265 g/mol. The zero-order valence-corrected chi connectivity index (χ0v) is 12.1. The van der Waals surface area contributed by atoms with Crippen molar-refractivity contribution in [3.05, 3.63) is 35.1 Å². The summed E-state index contributed by atoms with van der Waals surface area (Å²) in [6.07, 6.45) is 1.37. The summed E-state index contributed by atoms with van der Waals surface area (Å²) in [5.41, 5.74) is 0.492. The van der Waals surface area contributed by atoms with Crippen molar-refractivity contribution in [2.45, 2.75) is 39.2 Å². The predicted molar refractivity (Wildman–Crippen MR) is 75.5 cm³/mol. The zero-order chi connectivity index (χ0) is 14.0. The van der Waals surface area contributed by atoms with E-state index in [1.807, 2.05) is 6.07 Å². The Morgan fingerprint density at radius 3 is 2.47 bits per heavy atom. The topological polar surface area (TPSA) is 23.5 Å². The van der Waals surface area contributed by atoms with Crippen LogP contribution in [0, 0.1) is 18.7 Å². The first-order valence-corrected chi connectivity index (χ1v) is 7.12. The molecule has 106 valence electrons. The molecule has 0 aromatic heterocycles. The number of halogens is 1. The predicted octanol–water partition coefficient (Wildman–Crippen LogP) is 3.07. The van der Waals surface area contributed by atoms with Crippen LogP contribution in [0.5, 0.6) is 0 Å². The molecule has 0 spiro atoms. The number of aryl methyl sites for hydroxylation is 1. The highest BCUT2D eigenvalue weighted by molar-refractivity contribution is 5.28. The molecule has 0 amide bonds. The van der Waals surface area contributed by atoms with Crippen molar-refractivity contribution in [2.24, 2.45) is 5.92 Å². The molecule has 1 aromatic carbocycles. The van der Waals surface area contributed by atoms with Crippen molar-refractivity contribution in [1.82, 2.24) is 4.90 Å². The van der Waals surface area contributed by atoms with E-state index < -0.39 is 5.60 Å². The standard InChI is InChI=1S/C16H24FNO/c1-12(2)11-18-8-6-16(19,7-9-18)14-5-4-13(3)15(17)10-14/h4-5,10,12,19H,6-9,11H2,1-3H3. The quantitative estimate of drug-likeness (QED) is 0.908. The summed E-state index contributed by atoms with van der Waals surface area (Å²) in [6, 6.07) is 5.10. The minimum absolute atomic E-state index is 0.226. The molecule has 1 heterocycles. The Morgan fingerprint density at radius 1 is 1.32 bits per heavy atom. The number of hydrogen-bond donors (Lipinski definition) is 1. The van der Waals surface area contributed by atoms with Gasteiger partial charge in [0.05, 0.1) is 5.60 Å². The molecule has 1 aromatic rings. The lowest BCUT2D eigenvalue weighted by atomic mass is 9.84. The molecular weight excluding hydrogens is 241 g/mol. The van der Waals surface area contributed by atoms with Gasteiger partial charge >= 0.3 is 0 Å². The number of hydrogen-bond acceptors (Lipinski definition) is 2. The molecule has 0 unspecified atom stereocenters. The maximum atomic E-state index is 13.6. The second kappa shape index (κ2) is 5.59. The Morgan fingerprint density at radius 2 is 1.95 bits per heavy atom. The molecule has 3 heteroatoms. The molecule has 1 aliphatic heterocycles. The van der Waals surface area contributed by atoms with Crippen molar-refractivity contribution in [3.63, 3.8) is 0 Å². The Balaban J connectivity index is 2.06. The normalized spacial score (nSPS) is 19.9. The summed E-state index contributed by atoms with van der Waals surface area (Å²) in [5, 5.41) is 10.7. The van der Waals surface area contributed by atoms with E-state index in [-0.39, 0.29) is 5.82 Å². The van der Waals surface area contributed by atoms with Crippen molar-refractivity contribution in [3.8, 4) is 0 Å². The lowest BCUT2D eigenvalue weighted by molar-refractivity contribution is -0.0281. The van der Waals surface area contributed by atoms with E-state index in [9.17, 15) is 9.50 Å². The molecule has 1 saturated heterocycles. The van der Waals surface area contributed by atoms with Gasteiger partial charge in [0.25, 0.3) is 0 Å². The van der Waals surface area contributed by atoms with Gasteiger partial charge in [0.1, 0.15) is 5.82 Å². The fraction of sp³-hybridized carbons (Fsp3) is 0.625. The van der Waals surface area contributed by atoms with Crippen LogP contribution in [0.1, 0.15) is 37.8 Å². The molecule has 0 atom stereocenters. The Hall–Kier alpha value is -0.930. The average Bonchev–Trinajstić information content (AvgIpc) is 2.35. The summed E-state index contributed by atoms with van der Waals surface area (Å²) in [4.78, 5) is 2.38. The van der Waals surface area contributed by atoms with Gasteiger partial charge in [-0.15, -0.1) is 0 Å². The fourth-order valence-corrected chi connectivity index (χ4v) is 2.79. The highest BCUT2D eigenvalue weighted by Gasteiger charge is 2.34. The maximum Gasteiger partial charge on any atom is 0.126 e. The number of benzene rings is 1. The first-order valence-electron chi connectivity index (χ1n) is 7.12. The first-order chi connectivity index (χ1) is 8.90. The third-order valence-corrected chi connectivity index (χ3v) is 4.02. The first kappa shape index (κ1) is 14.5. The van der Waals surface area contributed by atoms with Crippen molar-refractivity contribution >= 4 is 0 Å². The lowest BCUT2D eigenvalue weighted by Crippen LogP contribution is -2.43. The summed E-state index contributed by atoms with van der Waals surface area (Å²) in [5.74, 6) is 0.415. The molecule has 0 aliphatic carbocycles. The zero-order valence-electron chi connectivity index (χ0n) is 12.1. The number of likely N-dealkylation sites (tertiary alicyclic amines) is 1. The lowest BCUT2D eigenvalue weighted by Gasteiger charge is -2.39. The summed E-state index contributed by atoms with van der Waals surface area (Å²) < 4.78 is 13.6. The van der Waals surface area contributed by atoms with E-state index in [1.165, 1.54) is 6.07 Å². The fourth-order valence-electron chi connectivity index (χ4n) is 2.79. The molecule has 0 radical (unpaired) electrons. The van der Waals surface area contributed by atoms with Gasteiger partial charge < -0.3 is 10.0 Å². The van der Waals surface area contributed by atoms with Crippen LogP contribution in [-0.2, 0) is 5.60 Å². The number of rotatable bonds is 3. The molecule has 2 nitrogen and oxygen atoms in total. The monoisotopic (exact) mass is 265 g/mol. The van der Waals surface area contributed by atoms with Gasteiger partial charge in [0.2, 0.25) is 0 Å². The molecule has 1 aliphatic rings. The van der Waals surface area contributed by atoms with Crippen LogP contribution in [0.4, 0.5) is 4.39 Å². The minimum atomic E-state index is -0.859. The highest BCUT2D eigenvalue weighted by atomic mass is 19.1. The Labute approximate surface area is 115 Å². The van der Waals surface area contributed by atoms with Crippen molar-refractivity contribution < 1.29 is 9.50 Å². The maximum absolute atomic E-state index is 13.6. The van der Waals surface area contributed by atoms with Crippen molar-refractivity contribution in [2.75, 3.05) is 19.6 Å². The van der Waals surface area contributed by atoms with Crippen molar-refractivity contribution in [1.29, 1.82) is 0 Å². The van der Waals surface area contributed by atoms with Crippen LogP contribution >= 0.6 is 0 Å². The summed E-state index contributed by atoms with van der Waals surface area (Å²) in [7, 11) is 0. The van der Waals surface area contributed by atoms with Crippen LogP contribution in [0.3, 0.4) is 0 Å². The second-order valence-electron chi connectivity index (χ2n) is 6.19. The third-order valence-electron chi connectivity index (χ3n) is 4.02. The summed E-state index contributed by atoms with van der Waals surface area (Å²) in [6.45, 7) is 8.98. The van der Waals surface area contributed by atoms with Gasteiger partial charge in [0, 0.05) is 19.6 Å². The minimum Gasteiger partial charge on any atom is -0.385 e. The van der Waals surface area contributed by atoms with Gasteiger partial charge in [0.15, 0.2) is 0 Å². The molecule has 19 heavy (non-hydrogen) atoms. The van der Waals surface area contributed by atoms with E-state index >= 15 is 0 Å². The molecular formula is C16H24FNO. The summed E-state index contributed by atoms with van der Waals surface area (Å²) >= 11 is 0. The van der Waals surface area contributed by atoms with Gasteiger partial charge in [-0.05, 0) is 42.9 Å². The van der Waals surface area contributed by atoms with E-state index in [2.05, 4.69) is 18.7 Å². The molecule has 0 saturated carbocycles. The van der Waals surface area contributed by atoms with Crippen LogP contribution in [0.2, 0.25) is 0 Å². The van der Waals surface area contributed by atoms with Crippen LogP contribution in [0.15, 0.2) is 18.2 Å². The van der Waals surface area contributed by atoms with Crippen LogP contribution < -0.4 is 0 Å². The number of aliphatic hydroxyl groups is 1. The van der Waals surface area contributed by atoms with Crippen LogP contribution in [0.25, 0.3) is 0 Å². The smallest absolute Gasteiger partial charge is 0.126 e. The molecule has 1 N–H and O–H groups in total. The third kappa shape index (κ3) is 3.34. The Kier molecular flexibility index (Phi) is 4.26. The number of piperidine rings is 1. The molecule has 1 fully saturated rings. The SMILES string of the molecule is Cc1ccc(C2(O)CCN(CC(C)C)CC2)cc1F. The van der Waals surface area contributed by atoms with Crippen LogP contribution in [-0.4, -0.2) is 29.6 Å². The van der Waals surface area contributed by atoms with E-state index in [0.717, 1.165) is 25.2 Å². The van der Waals surface area contributed by atoms with Gasteiger partial charge in [-0.3, -0.25) is 0 Å². The van der Waals surface area contributed by atoms with Gasteiger partial charge in [-0.2, -0.15) is 0 Å². The van der Waals surface area contributed by atoms with Gasteiger partial charge in [-0.25, -0.2) is 4.39 Å². The molecule has 0 bridgehead atoms. The van der Waals surface area contributed by atoms with E-state index in [0.29, 0.717) is 24.3 Å². The number of nitrogens with zero attached hydrogens (tertiary/aromatic N) is 1. The molecule has 2 rings (SSSR count). The largest absolute Gasteiger partial charge is 0.385 e. The van der Waals surface area contributed by atoms with E-state index in [4.69, 9.17) is 0 Å². The highest BCUT2D eigenvalue weighted by Crippen LogP contribution is 2.33. The van der Waals surface area contributed by atoms with Gasteiger partial charge in [-0.1, -0.05) is 26.0 Å². The Bertz CT molecular complexity index is 436.